The average molecular weight is 376 g/mol. The van der Waals surface area contributed by atoms with Crippen LogP contribution in [0.5, 0.6) is 5.75 Å². The van der Waals surface area contributed by atoms with Gasteiger partial charge in [-0.05, 0) is 53.6 Å². The van der Waals surface area contributed by atoms with Crippen molar-refractivity contribution in [2.24, 2.45) is 0 Å². The van der Waals surface area contributed by atoms with Crippen LogP contribution in [0, 0.1) is 0 Å². The number of nitrogens with zero attached hydrogens (tertiary/aromatic N) is 1. The van der Waals surface area contributed by atoms with Crippen LogP contribution in [0.4, 0.5) is 0 Å². The number of carbonyl (C=O) groups is 1. The minimum Gasteiger partial charge on any atom is -0.497 e. The van der Waals surface area contributed by atoms with Gasteiger partial charge in [-0.15, -0.1) is 0 Å². The highest BCUT2D eigenvalue weighted by Crippen LogP contribution is 2.22. The fourth-order valence-corrected chi connectivity index (χ4v) is 3.32. The van der Waals surface area contributed by atoms with E-state index in [1.54, 1.807) is 32.2 Å². The Labute approximate surface area is 161 Å². The molecule has 6 heteroatoms. The van der Waals surface area contributed by atoms with Crippen LogP contribution in [0.1, 0.15) is 18.5 Å². The van der Waals surface area contributed by atoms with Gasteiger partial charge in [0.1, 0.15) is 11.8 Å². The Kier molecular flexibility index (Phi) is 4.61. The lowest BCUT2D eigenvalue weighted by Gasteiger charge is -2.13. The summed E-state index contributed by atoms with van der Waals surface area (Å²) in [5.74, 6) is 0.0205. The molecule has 0 aliphatic heterocycles. The third-order valence-electron chi connectivity index (χ3n) is 4.86. The molecule has 3 aromatic carbocycles. The van der Waals surface area contributed by atoms with E-state index in [-0.39, 0.29) is 5.91 Å². The van der Waals surface area contributed by atoms with Crippen LogP contribution < -0.4 is 15.8 Å². The van der Waals surface area contributed by atoms with Crippen molar-refractivity contribution < 1.29 is 13.9 Å². The number of fused-ring (bicyclic) bond motifs is 2. The Balaban J connectivity index is 1.51. The highest BCUT2D eigenvalue weighted by molar-refractivity contribution is 5.85. The highest BCUT2D eigenvalue weighted by Gasteiger charge is 2.20. The van der Waals surface area contributed by atoms with Crippen molar-refractivity contribution in [2.75, 3.05) is 7.11 Å². The molecule has 28 heavy (non-hydrogen) atoms. The minimum absolute atomic E-state index is 0.247. The van der Waals surface area contributed by atoms with Crippen LogP contribution in [0.15, 0.2) is 69.9 Å². The SMILES string of the molecule is COc1ccc2cc(CNC(=O)C(C)n3c(=O)oc4ccccc43)ccc2c1. The number of hydrogen-bond acceptors (Lipinski definition) is 4. The van der Waals surface area contributed by atoms with Crippen molar-refractivity contribution in [3.05, 3.63) is 76.8 Å². The van der Waals surface area contributed by atoms with Gasteiger partial charge in [-0.2, -0.15) is 0 Å². The van der Waals surface area contributed by atoms with Crippen LogP contribution in [-0.2, 0) is 11.3 Å². The summed E-state index contributed by atoms with van der Waals surface area (Å²) in [6.07, 6.45) is 0. The molecule has 0 fully saturated rings. The molecule has 0 bridgehead atoms. The van der Waals surface area contributed by atoms with Crippen molar-refractivity contribution in [2.45, 2.75) is 19.5 Å². The number of methoxy groups -OCH3 is 1. The second-order valence-corrected chi connectivity index (χ2v) is 6.65. The fourth-order valence-electron chi connectivity index (χ4n) is 3.32. The first-order valence-electron chi connectivity index (χ1n) is 9.01. The molecule has 142 valence electrons. The van der Waals surface area contributed by atoms with Gasteiger partial charge < -0.3 is 14.5 Å². The predicted octanol–water partition coefficient (Wildman–Crippen LogP) is 3.63. The molecule has 1 amide bonds. The molecule has 4 rings (SSSR count). The molecule has 1 aromatic heterocycles. The molecule has 1 N–H and O–H groups in total. The zero-order valence-corrected chi connectivity index (χ0v) is 15.6. The summed E-state index contributed by atoms with van der Waals surface area (Å²) in [6.45, 7) is 2.06. The molecule has 4 aromatic rings. The molecule has 1 unspecified atom stereocenters. The van der Waals surface area contributed by atoms with E-state index in [2.05, 4.69) is 5.32 Å². The van der Waals surface area contributed by atoms with Crippen LogP contribution in [0.2, 0.25) is 0 Å². The molecule has 0 aliphatic carbocycles. The zero-order valence-electron chi connectivity index (χ0n) is 15.6. The van der Waals surface area contributed by atoms with Crippen molar-refractivity contribution in [3.63, 3.8) is 0 Å². The van der Waals surface area contributed by atoms with Gasteiger partial charge in [0, 0.05) is 6.54 Å². The van der Waals surface area contributed by atoms with E-state index in [4.69, 9.17) is 9.15 Å². The summed E-state index contributed by atoms with van der Waals surface area (Å²) in [5.41, 5.74) is 2.05. The van der Waals surface area contributed by atoms with E-state index in [9.17, 15) is 9.59 Å². The van der Waals surface area contributed by atoms with E-state index in [1.807, 2.05) is 42.5 Å². The number of para-hydroxylation sites is 2. The van der Waals surface area contributed by atoms with Gasteiger partial charge in [0.15, 0.2) is 5.58 Å². The first kappa shape index (κ1) is 17.9. The molecule has 0 saturated heterocycles. The third kappa shape index (κ3) is 3.24. The number of oxazole rings is 1. The maximum Gasteiger partial charge on any atom is 0.420 e. The molecule has 6 nitrogen and oxygen atoms in total. The van der Waals surface area contributed by atoms with Gasteiger partial charge in [-0.3, -0.25) is 9.36 Å². The smallest absolute Gasteiger partial charge is 0.420 e. The van der Waals surface area contributed by atoms with E-state index in [1.165, 1.54) is 4.57 Å². The van der Waals surface area contributed by atoms with Crippen LogP contribution in [-0.4, -0.2) is 17.6 Å². The summed E-state index contributed by atoms with van der Waals surface area (Å²) in [6, 6.07) is 18.2. The number of ether oxygens (including phenoxy) is 1. The van der Waals surface area contributed by atoms with Crippen LogP contribution >= 0.6 is 0 Å². The molecule has 0 radical (unpaired) electrons. The average Bonchev–Trinajstić information content (AvgIpc) is 3.06. The lowest BCUT2D eigenvalue weighted by Crippen LogP contribution is -2.34. The first-order valence-corrected chi connectivity index (χ1v) is 9.01. The van der Waals surface area contributed by atoms with Gasteiger partial charge in [0.25, 0.3) is 0 Å². The van der Waals surface area contributed by atoms with E-state index in [0.717, 1.165) is 22.1 Å². The normalized spacial score (nSPS) is 12.2. The van der Waals surface area contributed by atoms with Crippen LogP contribution in [0.3, 0.4) is 0 Å². The van der Waals surface area contributed by atoms with Crippen molar-refractivity contribution in [1.29, 1.82) is 0 Å². The number of rotatable bonds is 5. The quantitative estimate of drug-likeness (QED) is 0.577. The number of hydrogen-bond donors (Lipinski definition) is 1. The minimum atomic E-state index is -0.680. The van der Waals surface area contributed by atoms with Gasteiger partial charge in [0.05, 0.1) is 12.6 Å². The second kappa shape index (κ2) is 7.23. The van der Waals surface area contributed by atoms with Crippen molar-refractivity contribution >= 4 is 27.8 Å². The summed E-state index contributed by atoms with van der Waals surface area (Å²) in [5, 5.41) is 5.04. The number of aromatic nitrogens is 1. The molecule has 1 heterocycles. The van der Waals surface area contributed by atoms with E-state index >= 15 is 0 Å². The first-order chi connectivity index (χ1) is 13.6. The maximum atomic E-state index is 12.6. The number of benzene rings is 3. The standard InChI is InChI=1S/C22H20N2O4/c1-14(24-19-5-3-4-6-20(19)28-22(24)26)21(25)23-13-15-7-8-17-12-18(27-2)10-9-16(17)11-15/h3-12,14H,13H2,1-2H3,(H,23,25). The Morgan fingerprint density at radius 2 is 1.86 bits per heavy atom. The predicted molar refractivity (Wildman–Crippen MR) is 108 cm³/mol. The fraction of sp³-hybridized carbons (Fsp3) is 0.182. The van der Waals surface area contributed by atoms with Crippen molar-refractivity contribution in [3.8, 4) is 5.75 Å². The van der Waals surface area contributed by atoms with Crippen LogP contribution in [0.25, 0.3) is 21.9 Å². The van der Waals surface area contributed by atoms with E-state index in [0.29, 0.717) is 17.6 Å². The van der Waals surface area contributed by atoms with E-state index < -0.39 is 11.8 Å². The molecule has 0 saturated carbocycles. The topological polar surface area (TPSA) is 73.5 Å². The Hall–Kier alpha value is -3.54. The molecule has 0 spiro atoms. The lowest BCUT2D eigenvalue weighted by atomic mass is 10.1. The molecular weight excluding hydrogens is 356 g/mol. The van der Waals surface area contributed by atoms with Gasteiger partial charge in [-0.1, -0.05) is 30.3 Å². The highest BCUT2D eigenvalue weighted by atomic mass is 16.5. The number of nitrogens with one attached hydrogen (secondary N) is 1. The largest absolute Gasteiger partial charge is 0.497 e. The molecule has 0 aliphatic rings. The summed E-state index contributed by atoms with van der Waals surface area (Å²) in [4.78, 5) is 24.8. The van der Waals surface area contributed by atoms with Crippen molar-refractivity contribution in [1.82, 2.24) is 9.88 Å². The Morgan fingerprint density at radius 3 is 2.68 bits per heavy atom. The second-order valence-electron chi connectivity index (χ2n) is 6.65. The zero-order chi connectivity index (χ0) is 19.7. The third-order valence-corrected chi connectivity index (χ3v) is 4.86. The Morgan fingerprint density at radius 1 is 1.11 bits per heavy atom. The summed E-state index contributed by atoms with van der Waals surface area (Å²) in [7, 11) is 1.64. The van der Waals surface area contributed by atoms with Gasteiger partial charge in [-0.25, -0.2) is 4.79 Å². The monoisotopic (exact) mass is 376 g/mol. The number of amides is 1. The number of carbonyl (C=O) groups excluding carboxylic acids is 1. The van der Waals surface area contributed by atoms with Gasteiger partial charge >= 0.3 is 5.76 Å². The summed E-state index contributed by atoms with van der Waals surface area (Å²) >= 11 is 0. The molecule has 1 atom stereocenters. The summed E-state index contributed by atoms with van der Waals surface area (Å²) < 4.78 is 11.8. The Bertz CT molecular complexity index is 1220. The maximum absolute atomic E-state index is 12.6. The molecular formula is C22H20N2O4. The van der Waals surface area contributed by atoms with Gasteiger partial charge in [0.2, 0.25) is 5.91 Å². The lowest BCUT2D eigenvalue weighted by molar-refractivity contribution is -0.124.